The zero-order chi connectivity index (χ0) is 16.3. The lowest BCUT2D eigenvalue weighted by Gasteiger charge is -2.35. The Hall–Kier alpha value is -2.77. The molecule has 3 aromatic heterocycles. The Morgan fingerprint density at radius 3 is 2.58 bits per heavy atom. The number of aromatic nitrogens is 5. The van der Waals surface area contributed by atoms with Crippen LogP contribution in [0.25, 0.3) is 11.2 Å². The van der Waals surface area contributed by atoms with Gasteiger partial charge in [-0.1, -0.05) is 0 Å². The first kappa shape index (κ1) is 13.6. The molecule has 5 heterocycles. The molecule has 0 amide bonds. The number of fused-ring (bicyclic) bond motifs is 3. The molecule has 24 heavy (non-hydrogen) atoms. The molecular formula is C16H16FN7. The fourth-order valence-electron chi connectivity index (χ4n) is 3.92. The predicted octanol–water partition coefficient (Wildman–Crippen LogP) is 1.36. The van der Waals surface area contributed by atoms with Crippen molar-refractivity contribution in [1.29, 1.82) is 0 Å². The molecule has 0 spiro atoms. The Kier molecular flexibility index (Phi) is 2.76. The molecule has 2 fully saturated rings. The van der Waals surface area contributed by atoms with Crippen LogP contribution < -0.4 is 9.80 Å². The Balaban J connectivity index is 1.47. The van der Waals surface area contributed by atoms with Crippen LogP contribution in [-0.2, 0) is 7.05 Å². The molecule has 2 bridgehead atoms. The van der Waals surface area contributed by atoms with E-state index in [1.165, 1.54) is 6.07 Å². The highest BCUT2D eigenvalue weighted by Gasteiger charge is 2.45. The Labute approximate surface area is 137 Å². The van der Waals surface area contributed by atoms with E-state index in [1.54, 1.807) is 24.9 Å². The number of nitrogens with zero attached hydrogens (tertiary/aromatic N) is 7. The minimum Gasteiger partial charge on any atom is -0.348 e. The van der Waals surface area contributed by atoms with Crippen molar-refractivity contribution in [2.75, 3.05) is 22.9 Å². The first-order chi connectivity index (χ1) is 11.7. The van der Waals surface area contributed by atoms with E-state index in [2.05, 4.69) is 29.7 Å². The Bertz CT molecular complexity index is 924. The molecule has 0 aromatic carbocycles. The standard InChI is InChI=1S/C16H16FN7/c1-22-9-21-13-15(22)19-8-20-16(13)24-7-10-5-11(24)6-23(10)14-12(17)3-2-4-18-14/h2-4,8-11H,5-7H2,1H3. The van der Waals surface area contributed by atoms with Gasteiger partial charge in [-0.25, -0.2) is 24.3 Å². The number of hydrogen-bond donors (Lipinski definition) is 0. The second-order valence-electron chi connectivity index (χ2n) is 6.38. The van der Waals surface area contributed by atoms with Crippen LogP contribution in [0.2, 0.25) is 0 Å². The molecule has 0 N–H and O–H groups in total. The summed E-state index contributed by atoms with van der Waals surface area (Å²) in [6.07, 6.45) is 5.96. The van der Waals surface area contributed by atoms with Crippen molar-refractivity contribution in [3.8, 4) is 0 Å². The molecule has 2 saturated heterocycles. The van der Waals surface area contributed by atoms with Crippen molar-refractivity contribution in [3.63, 3.8) is 0 Å². The maximum absolute atomic E-state index is 14.0. The van der Waals surface area contributed by atoms with Crippen molar-refractivity contribution in [2.45, 2.75) is 18.5 Å². The van der Waals surface area contributed by atoms with Gasteiger partial charge in [-0.15, -0.1) is 0 Å². The number of anilines is 2. The van der Waals surface area contributed by atoms with E-state index in [4.69, 9.17) is 0 Å². The lowest BCUT2D eigenvalue weighted by atomic mass is 10.2. The minimum atomic E-state index is -0.259. The number of hydrogen-bond acceptors (Lipinski definition) is 6. The van der Waals surface area contributed by atoms with Gasteiger partial charge in [0, 0.05) is 26.3 Å². The van der Waals surface area contributed by atoms with Crippen LogP contribution >= 0.6 is 0 Å². The fourth-order valence-corrected chi connectivity index (χ4v) is 3.92. The maximum atomic E-state index is 14.0. The van der Waals surface area contributed by atoms with Gasteiger partial charge in [0.25, 0.3) is 0 Å². The van der Waals surface area contributed by atoms with Gasteiger partial charge in [-0.3, -0.25) is 0 Å². The number of rotatable bonds is 2. The summed E-state index contributed by atoms with van der Waals surface area (Å²) in [4.78, 5) is 21.8. The normalized spacial score (nSPS) is 22.8. The summed E-state index contributed by atoms with van der Waals surface area (Å²) in [5.74, 6) is 1.07. The van der Waals surface area contributed by atoms with Crippen LogP contribution in [0.3, 0.4) is 0 Å². The molecule has 8 heteroatoms. The van der Waals surface area contributed by atoms with Gasteiger partial charge in [0.05, 0.1) is 18.4 Å². The summed E-state index contributed by atoms with van der Waals surface area (Å²) >= 11 is 0. The molecule has 122 valence electrons. The number of aryl methyl sites for hydroxylation is 1. The summed E-state index contributed by atoms with van der Waals surface area (Å²) < 4.78 is 15.9. The largest absolute Gasteiger partial charge is 0.348 e. The van der Waals surface area contributed by atoms with Gasteiger partial charge in [0.2, 0.25) is 0 Å². The van der Waals surface area contributed by atoms with Crippen LogP contribution in [-0.4, -0.2) is 49.7 Å². The highest BCUT2D eigenvalue weighted by atomic mass is 19.1. The molecular weight excluding hydrogens is 309 g/mol. The molecule has 0 saturated carbocycles. The van der Waals surface area contributed by atoms with Crippen molar-refractivity contribution < 1.29 is 4.39 Å². The smallest absolute Gasteiger partial charge is 0.165 e. The highest BCUT2D eigenvalue weighted by Crippen LogP contribution is 2.38. The fraction of sp³-hybridized carbons (Fsp3) is 0.375. The summed E-state index contributed by atoms with van der Waals surface area (Å²) in [6.45, 7) is 1.54. The van der Waals surface area contributed by atoms with Gasteiger partial charge >= 0.3 is 0 Å². The average Bonchev–Trinajstić information content (AvgIpc) is 3.29. The van der Waals surface area contributed by atoms with E-state index in [1.807, 2.05) is 11.6 Å². The number of pyridine rings is 1. The van der Waals surface area contributed by atoms with Gasteiger partial charge < -0.3 is 14.4 Å². The molecule has 2 aliphatic heterocycles. The topological polar surface area (TPSA) is 63.0 Å². The second kappa shape index (κ2) is 4.86. The molecule has 2 atom stereocenters. The summed E-state index contributed by atoms with van der Waals surface area (Å²) in [7, 11) is 1.92. The van der Waals surface area contributed by atoms with E-state index >= 15 is 0 Å². The van der Waals surface area contributed by atoms with Crippen LogP contribution in [0.1, 0.15) is 6.42 Å². The first-order valence-electron chi connectivity index (χ1n) is 7.98. The van der Waals surface area contributed by atoms with E-state index < -0.39 is 0 Å². The maximum Gasteiger partial charge on any atom is 0.165 e. The zero-order valence-corrected chi connectivity index (χ0v) is 13.2. The van der Waals surface area contributed by atoms with Crippen molar-refractivity contribution in [1.82, 2.24) is 24.5 Å². The molecule has 7 nitrogen and oxygen atoms in total. The SMILES string of the molecule is Cn1cnc2c(N3CC4CC3CN4c3ncccc3F)ncnc21. The summed E-state index contributed by atoms with van der Waals surface area (Å²) in [5, 5.41) is 0. The molecule has 5 rings (SSSR count). The van der Waals surface area contributed by atoms with Gasteiger partial charge in [-0.2, -0.15) is 0 Å². The van der Waals surface area contributed by atoms with Crippen LogP contribution in [0.4, 0.5) is 16.0 Å². The number of piperazine rings is 1. The molecule has 3 aromatic rings. The van der Waals surface area contributed by atoms with Crippen LogP contribution in [0.5, 0.6) is 0 Å². The average molecular weight is 325 g/mol. The second-order valence-corrected chi connectivity index (χ2v) is 6.38. The molecule has 0 aliphatic carbocycles. The van der Waals surface area contributed by atoms with Gasteiger partial charge in [-0.05, 0) is 18.6 Å². The van der Waals surface area contributed by atoms with Gasteiger partial charge in [0.1, 0.15) is 6.33 Å². The quantitative estimate of drug-likeness (QED) is 0.709. The van der Waals surface area contributed by atoms with Crippen molar-refractivity contribution in [2.24, 2.45) is 7.05 Å². The van der Waals surface area contributed by atoms with Crippen LogP contribution in [0.15, 0.2) is 31.0 Å². The van der Waals surface area contributed by atoms with E-state index in [0.29, 0.717) is 5.82 Å². The lowest BCUT2D eigenvalue weighted by Crippen LogP contribution is -2.47. The third kappa shape index (κ3) is 1.82. The van der Waals surface area contributed by atoms with E-state index in [9.17, 15) is 4.39 Å². The molecule has 2 aliphatic rings. The monoisotopic (exact) mass is 325 g/mol. The van der Waals surface area contributed by atoms with Gasteiger partial charge in [0.15, 0.2) is 28.6 Å². The van der Waals surface area contributed by atoms with E-state index in [-0.39, 0.29) is 17.9 Å². The summed E-state index contributed by atoms with van der Waals surface area (Å²) in [6, 6.07) is 3.62. The molecule has 2 unspecified atom stereocenters. The Morgan fingerprint density at radius 2 is 1.83 bits per heavy atom. The third-order valence-electron chi connectivity index (χ3n) is 5.00. The van der Waals surface area contributed by atoms with E-state index in [0.717, 1.165) is 36.5 Å². The molecule has 0 radical (unpaired) electrons. The van der Waals surface area contributed by atoms with Crippen LogP contribution in [0, 0.1) is 5.82 Å². The highest BCUT2D eigenvalue weighted by molar-refractivity contribution is 5.84. The third-order valence-corrected chi connectivity index (χ3v) is 5.00. The van der Waals surface area contributed by atoms with Crippen molar-refractivity contribution in [3.05, 3.63) is 36.8 Å². The van der Waals surface area contributed by atoms with Crippen molar-refractivity contribution >= 4 is 22.8 Å². The Morgan fingerprint density at radius 1 is 1.04 bits per heavy atom. The summed E-state index contributed by atoms with van der Waals surface area (Å²) in [5.41, 5.74) is 1.65. The number of imidazole rings is 1. The predicted molar refractivity (Wildman–Crippen MR) is 87.4 cm³/mol. The minimum absolute atomic E-state index is 0.244. The first-order valence-corrected chi connectivity index (χ1v) is 7.98. The number of halogens is 1. The zero-order valence-electron chi connectivity index (χ0n) is 13.2. The lowest BCUT2D eigenvalue weighted by molar-refractivity contribution is 0.584.